The molecule has 39 heavy (non-hydrogen) atoms. The van der Waals surface area contributed by atoms with Crippen LogP contribution in [0.2, 0.25) is 0 Å². The largest absolute Gasteiger partial charge is 0.467 e. The summed E-state index contributed by atoms with van der Waals surface area (Å²) in [5.74, 6) is -3.87. The van der Waals surface area contributed by atoms with E-state index in [-0.39, 0.29) is 5.75 Å². The molecule has 1 aromatic carbocycles. The van der Waals surface area contributed by atoms with Crippen molar-refractivity contribution in [3.05, 3.63) is 29.8 Å². The SMILES string of the molecule is COC(=O)[C@H]1O[C@@H](Oc2ccc(C(C#N)C3(O)CCCCC3)cc2)[C@H](OC(C)=O)[C@@H](OC(C)=O)[C@@H]1OC(C)=O. The number of ether oxygens (including phenoxy) is 6. The summed E-state index contributed by atoms with van der Waals surface area (Å²) in [6.07, 6.45) is -3.74. The molecule has 1 N–H and O–H groups in total. The first kappa shape index (κ1) is 29.9. The van der Waals surface area contributed by atoms with E-state index in [0.717, 1.165) is 47.1 Å². The van der Waals surface area contributed by atoms with Crippen molar-refractivity contribution in [2.45, 2.75) is 95.1 Å². The molecule has 212 valence electrons. The van der Waals surface area contributed by atoms with Crippen LogP contribution in [0.1, 0.15) is 64.4 Å². The Kier molecular flexibility index (Phi) is 9.88. The lowest BCUT2D eigenvalue weighted by molar-refractivity contribution is -0.282. The zero-order valence-corrected chi connectivity index (χ0v) is 22.3. The number of benzene rings is 1. The summed E-state index contributed by atoms with van der Waals surface area (Å²) in [6.45, 7) is 3.29. The molecule has 2 fully saturated rings. The van der Waals surface area contributed by atoms with Gasteiger partial charge in [-0.25, -0.2) is 4.79 Å². The Morgan fingerprint density at radius 3 is 1.97 bits per heavy atom. The van der Waals surface area contributed by atoms with Crippen molar-refractivity contribution >= 4 is 23.9 Å². The van der Waals surface area contributed by atoms with Gasteiger partial charge < -0.3 is 33.5 Å². The molecule has 1 aromatic rings. The highest BCUT2D eigenvalue weighted by Crippen LogP contribution is 2.40. The minimum Gasteiger partial charge on any atom is -0.467 e. The van der Waals surface area contributed by atoms with E-state index in [0.29, 0.717) is 18.4 Å². The van der Waals surface area contributed by atoms with Gasteiger partial charge in [-0.1, -0.05) is 31.4 Å². The van der Waals surface area contributed by atoms with E-state index in [1.807, 2.05) is 0 Å². The lowest BCUT2D eigenvalue weighted by atomic mass is 9.73. The molecule has 2 aliphatic rings. The van der Waals surface area contributed by atoms with E-state index in [2.05, 4.69) is 6.07 Å². The maximum Gasteiger partial charge on any atom is 0.339 e. The molecule has 0 aromatic heterocycles. The zero-order chi connectivity index (χ0) is 28.7. The lowest BCUT2D eigenvalue weighted by Crippen LogP contribution is -2.64. The number of esters is 4. The summed E-state index contributed by atoms with van der Waals surface area (Å²) >= 11 is 0. The molecule has 1 saturated heterocycles. The third-order valence-electron chi connectivity index (χ3n) is 6.69. The molecule has 1 unspecified atom stereocenters. The Hall–Kier alpha value is -3.69. The summed E-state index contributed by atoms with van der Waals surface area (Å²) in [6, 6.07) is 8.54. The Morgan fingerprint density at radius 2 is 1.46 bits per heavy atom. The molecule has 6 atom stereocenters. The van der Waals surface area contributed by atoms with Crippen molar-refractivity contribution in [2.75, 3.05) is 7.11 Å². The summed E-state index contributed by atoms with van der Waals surface area (Å²) in [5, 5.41) is 20.9. The average Bonchev–Trinajstić information content (AvgIpc) is 2.87. The van der Waals surface area contributed by atoms with Crippen LogP contribution >= 0.6 is 0 Å². The van der Waals surface area contributed by atoms with Crippen LogP contribution in [-0.2, 0) is 42.9 Å². The smallest absolute Gasteiger partial charge is 0.339 e. The predicted molar refractivity (Wildman–Crippen MR) is 131 cm³/mol. The first-order valence-electron chi connectivity index (χ1n) is 12.6. The maximum atomic E-state index is 12.6. The van der Waals surface area contributed by atoms with Crippen molar-refractivity contribution < 1.29 is 52.7 Å². The second-order valence-corrected chi connectivity index (χ2v) is 9.58. The van der Waals surface area contributed by atoms with Crippen molar-refractivity contribution in [3.8, 4) is 11.8 Å². The highest BCUT2D eigenvalue weighted by Gasteiger charge is 2.55. The molecule has 0 radical (unpaired) electrons. The summed E-state index contributed by atoms with van der Waals surface area (Å²) in [7, 11) is 1.09. The third-order valence-corrected chi connectivity index (χ3v) is 6.69. The molecule has 0 amide bonds. The monoisotopic (exact) mass is 547 g/mol. The normalized spacial score (nSPS) is 26.7. The summed E-state index contributed by atoms with van der Waals surface area (Å²) in [5.41, 5.74) is -0.533. The zero-order valence-electron chi connectivity index (χ0n) is 22.3. The average molecular weight is 548 g/mol. The summed E-state index contributed by atoms with van der Waals surface area (Å²) in [4.78, 5) is 48.2. The Morgan fingerprint density at radius 1 is 0.923 bits per heavy atom. The van der Waals surface area contributed by atoms with Crippen LogP contribution in [0.4, 0.5) is 0 Å². The number of carbonyl (C=O) groups excluding carboxylic acids is 4. The molecule has 1 aliphatic carbocycles. The maximum absolute atomic E-state index is 12.6. The van der Waals surface area contributed by atoms with Gasteiger partial charge in [-0.3, -0.25) is 14.4 Å². The van der Waals surface area contributed by atoms with E-state index in [9.17, 15) is 29.5 Å². The van der Waals surface area contributed by atoms with E-state index >= 15 is 0 Å². The molecule has 12 nitrogen and oxygen atoms in total. The second kappa shape index (κ2) is 12.9. The fourth-order valence-corrected chi connectivity index (χ4v) is 5.01. The Bertz CT molecular complexity index is 1090. The minimum absolute atomic E-state index is 0.198. The number of nitrogens with zero attached hydrogens (tertiary/aromatic N) is 1. The van der Waals surface area contributed by atoms with Gasteiger partial charge in [0.1, 0.15) is 5.75 Å². The standard InChI is InChI=1S/C27H33NO11/c1-15(29)35-21-22(36-16(2)30)24(37-17(3)31)26(39-23(21)25(32)34-4)38-19-10-8-18(9-11-19)20(14-28)27(33)12-6-5-7-13-27/h8-11,20-24,26,33H,5-7,12-13H2,1-4H3/t20?,21-,22-,23-,24+,26+/m0/s1. The lowest BCUT2D eigenvalue weighted by Gasteiger charge is -2.43. The topological polar surface area (TPSA) is 168 Å². The third kappa shape index (κ3) is 7.25. The molecule has 1 saturated carbocycles. The van der Waals surface area contributed by atoms with Gasteiger partial charge in [0.15, 0.2) is 18.3 Å². The fourth-order valence-electron chi connectivity index (χ4n) is 5.01. The van der Waals surface area contributed by atoms with Gasteiger partial charge in [0, 0.05) is 20.8 Å². The van der Waals surface area contributed by atoms with Gasteiger partial charge in [-0.05, 0) is 30.5 Å². The van der Waals surface area contributed by atoms with Crippen LogP contribution in [0.5, 0.6) is 5.75 Å². The minimum atomic E-state index is -1.58. The van der Waals surface area contributed by atoms with E-state index in [4.69, 9.17) is 28.4 Å². The molecule has 0 bridgehead atoms. The first-order chi connectivity index (χ1) is 18.5. The Labute approximate surface area is 226 Å². The van der Waals surface area contributed by atoms with Gasteiger partial charge >= 0.3 is 23.9 Å². The Balaban J connectivity index is 1.92. The number of hydrogen-bond acceptors (Lipinski definition) is 12. The van der Waals surface area contributed by atoms with Crippen LogP contribution in [0.3, 0.4) is 0 Å². The van der Waals surface area contributed by atoms with Gasteiger partial charge in [0.25, 0.3) is 0 Å². The van der Waals surface area contributed by atoms with Crippen LogP contribution in [0.15, 0.2) is 24.3 Å². The highest BCUT2D eigenvalue weighted by atomic mass is 16.7. The second-order valence-electron chi connectivity index (χ2n) is 9.58. The predicted octanol–water partition coefficient (Wildman–Crippen LogP) is 2.06. The first-order valence-corrected chi connectivity index (χ1v) is 12.6. The number of carbonyl (C=O) groups is 4. The van der Waals surface area contributed by atoms with E-state index in [1.165, 1.54) is 12.1 Å². The van der Waals surface area contributed by atoms with Crippen LogP contribution in [0, 0.1) is 11.3 Å². The number of nitriles is 1. The molecule has 0 spiro atoms. The molecule has 1 aliphatic heterocycles. The molecule has 12 heteroatoms. The highest BCUT2D eigenvalue weighted by molar-refractivity contribution is 5.77. The van der Waals surface area contributed by atoms with E-state index in [1.54, 1.807) is 12.1 Å². The number of hydrogen-bond donors (Lipinski definition) is 1. The van der Waals surface area contributed by atoms with Crippen LogP contribution in [-0.4, -0.2) is 72.4 Å². The van der Waals surface area contributed by atoms with Gasteiger partial charge in [-0.15, -0.1) is 0 Å². The van der Waals surface area contributed by atoms with Gasteiger partial charge in [-0.2, -0.15) is 5.26 Å². The van der Waals surface area contributed by atoms with Crippen LogP contribution < -0.4 is 4.74 Å². The van der Waals surface area contributed by atoms with Crippen molar-refractivity contribution in [1.29, 1.82) is 5.26 Å². The van der Waals surface area contributed by atoms with Crippen molar-refractivity contribution in [2.24, 2.45) is 0 Å². The van der Waals surface area contributed by atoms with Crippen molar-refractivity contribution in [1.82, 2.24) is 0 Å². The molecular formula is C27H33NO11. The quantitative estimate of drug-likeness (QED) is 0.372. The van der Waals surface area contributed by atoms with Gasteiger partial charge in [0.05, 0.1) is 24.7 Å². The number of aliphatic hydroxyl groups is 1. The number of rotatable bonds is 8. The molecular weight excluding hydrogens is 514 g/mol. The van der Waals surface area contributed by atoms with E-state index < -0.39 is 66.1 Å². The molecule has 1 heterocycles. The van der Waals surface area contributed by atoms with Gasteiger partial charge in [0.2, 0.25) is 12.4 Å². The number of methoxy groups -OCH3 is 1. The summed E-state index contributed by atoms with van der Waals surface area (Å²) < 4.78 is 32.4. The van der Waals surface area contributed by atoms with Crippen LogP contribution in [0.25, 0.3) is 0 Å². The molecule has 3 rings (SSSR count). The fraction of sp³-hybridized carbons (Fsp3) is 0.593. The van der Waals surface area contributed by atoms with Crippen molar-refractivity contribution in [3.63, 3.8) is 0 Å².